The molecule has 0 aromatic carbocycles. The molecule has 0 aliphatic heterocycles. The molecule has 0 unspecified atom stereocenters. The van der Waals surface area contributed by atoms with Gasteiger partial charge in [-0.1, -0.05) is 39.3 Å². The summed E-state index contributed by atoms with van der Waals surface area (Å²) in [5.74, 6) is 0. The van der Waals surface area contributed by atoms with Crippen molar-refractivity contribution in [2.75, 3.05) is 26.4 Å². The zero-order valence-corrected chi connectivity index (χ0v) is 14.4. The van der Waals surface area contributed by atoms with E-state index in [-0.39, 0.29) is 6.29 Å². The van der Waals surface area contributed by atoms with E-state index in [1.165, 1.54) is 19.3 Å². The van der Waals surface area contributed by atoms with E-state index < -0.39 is 0 Å². The molecule has 0 heterocycles. The summed E-state index contributed by atoms with van der Waals surface area (Å²) in [7, 11) is 0. The van der Waals surface area contributed by atoms with Gasteiger partial charge in [0.2, 0.25) is 0 Å². The summed E-state index contributed by atoms with van der Waals surface area (Å²) in [5, 5.41) is 0. The standard InChI is InChI=1S/C18H36O3/c1-4-14-19-17-12-10-8-7-9-11-13-18(20-15-5-2)21-16-6-3/h10,12,18H,4-9,11,13-17H2,1-3H3/b12-10+. The van der Waals surface area contributed by atoms with Gasteiger partial charge in [-0.15, -0.1) is 0 Å². The van der Waals surface area contributed by atoms with E-state index in [0.29, 0.717) is 0 Å². The van der Waals surface area contributed by atoms with E-state index in [4.69, 9.17) is 14.2 Å². The van der Waals surface area contributed by atoms with Crippen LogP contribution >= 0.6 is 0 Å². The normalized spacial score (nSPS) is 11.8. The maximum absolute atomic E-state index is 5.72. The number of unbranched alkanes of at least 4 members (excludes halogenated alkanes) is 3. The first kappa shape index (κ1) is 20.6. The highest BCUT2D eigenvalue weighted by atomic mass is 16.7. The average molecular weight is 300 g/mol. The summed E-state index contributed by atoms with van der Waals surface area (Å²) in [6.45, 7) is 9.61. The van der Waals surface area contributed by atoms with Crippen molar-refractivity contribution in [1.82, 2.24) is 0 Å². The molecule has 0 aromatic rings. The van der Waals surface area contributed by atoms with E-state index in [9.17, 15) is 0 Å². The third kappa shape index (κ3) is 15.8. The first-order chi connectivity index (χ1) is 10.3. The Bertz CT molecular complexity index is 209. The molecule has 3 nitrogen and oxygen atoms in total. The van der Waals surface area contributed by atoms with Gasteiger partial charge in [0, 0.05) is 19.8 Å². The van der Waals surface area contributed by atoms with Gasteiger partial charge in [0.25, 0.3) is 0 Å². The lowest BCUT2D eigenvalue weighted by Gasteiger charge is -2.17. The van der Waals surface area contributed by atoms with Crippen LogP contribution in [0.5, 0.6) is 0 Å². The largest absolute Gasteiger partial charge is 0.377 e. The van der Waals surface area contributed by atoms with Crippen LogP contribution in [0.3, 0.4) is 0 Å². The van der Waals surface area contributed by atoms with Crippen LogP contribution in [-0.2, 0) is 14.2 Å². The van der Waals surface area contributed by atoms with Crippen LogP contribution in [0.1, 0.15) is 72.1 Å². The van der Waals surface area contributed by atoms with Crippen LogP contribution < -0.4 is 0 Å². The first-order valence-corrected chi connectivity index (χ1v) is 8.81. The third-order valence-corrected chi connectivity index (χ3v) is 3.06. The molecule has 0 fully saturated rings. The second-order valence-corrected chi connectivity index (χ2v) is 5.36. The molecule has 0 aliphatic carbocycles. The van der Waals surface area contributed by atoms with Crippen LogP contribution in [-0.4, -0.2) is 32.7 Å². The van der Waals surface area contributed by atoms with Crippen LogP contribution in [0.15, 0.2) is 12.2 Å². The summed E-state index contributed by atoms with van der Waals surface area (Å²) in [4.78, 5) is 0. The van der Waals surface area contributed by atoms with Crippen LogP contribution in [0, 0.1) is 0 Å². The minimum absolute atomic E-state index is 0.00267. The van der Waals surface area contributed by atoms with E-state index in [1.807, 2.05) is 0 Å². The zero-order chi connectivity index (χ0) is 15.6. The van der Waals surface area contributed by atoms with Crippen molar-refractivity contribution in [3.8, 4) is 0 Å². The lowest BCUT2D eigenvalue weighted by molar-refractivity contribution is -0.146. The molecule has 0 rings (SSSR count). The summed E-state index contributed by atoms with van der Waals surface area (Å²) < 4.78 is 16.8. The molecule has 126 valence electrons. The monoisotopic (exact) mass is 300 g/mol. The molecule has 0 radical (unpaired) electrons. The highest BCUT2D eigenvalue weighted by molar-refractivity contribution is 4.81. The number of rotatable bonds is 16. The molecule has 21 heavy (non-hydrogen) atoms. The maximum Gasteiger partial charge on any atom is 0.157 e. The fourth-order valence-electron chi connectivity index (χ4n) is 1.94. The Labute approximate surface area is 132 Å². The summed E-state index contributed by atoms with van der Waals surface area (Å²) in [6, 6.07) is 0. The average Bonchev–Trinajstić information content (AvgIpc) is 2.51. The number of ether oxygens (including phenoxy) is 3. The van der Waals surface area contributed by atoms with E-state index in [2.05, 4.69) is 32.9 Å². The summed E-state index contributed by atoms with van der Waals surface area (Å²) in [6.07, 6.45) is 13.4. The molecule has 0 bridgehead atoms. The minimum atomic E-state index is 0.00267. The van der Waals surface area contributed by atoms with Gasteiger partial charge in [-0.25, -0.2) is 0 Å². The number of allylic oxidation sites excluding steroid dienone is 1. The maximum atomic E-state index is 5.72. The van der Waals surface area contributed by atoms with E-state index >= 15 is 0 Å². The lowest BCUT2D eigenvalue weighted by atomic mass is 10.1. The van der Waals surface area contributed by atoms with E-state index in [0.717, 1.165) is 58.5 Å². The van der Waals surface area contributed by atoms with Crippen molar-refractivity contribution in [3.05, 3.63) is 12.2 Å². The van der Waals surface area contributed by atoms with Gasteiger partial charge in [-0.05, 0) is 44.9 Å². The Morgan fingerprint density at radius 2 is 1.43 bits per heavy atom. The minimum Gasteiger partial charge on any atom is -0.377 e. The molecule has 0 aromatic heterocycles. The quantitative estimate of drug-likeness (QED) is 0.225. The predicted molar refractivity (Wildman–Crippen MR) is 89.6 cm³/mol. The zero-order valence-electron chi connectivity index (χ0n) is 14.4. The molecule has 0 N–H and O–H groups in total. The lowest BCUT2D eigenvalue weighted by Crippen LogP contribution is -2.18. The van der Waals surface area contributed by atoms with Crippen molar-refractivity contribution in [3.63, 3.8) is 0 Å². The smallest absolute Gasteiger partial charge is 0.157 e. The Kier molecular flexibility index (Phi) is 17.4. The second-order valence-electron chi connectivity index (χ2n) is 5.36. The van der Waals surface area contributed by atoms with Crippen molar-refractivity contribution in [2.45, 2.75) is 78.4 Å². The Morgan fingerprint density at radius 3 is 2.05 bits per heavy atom. The Balaban J connectivity index is 3.47. The van der Waals surface area contributed by atoms with Gasteiger partial charge in [-0.3, -0.25) is 0 Å². The fourth-order valence-corrected chi connectivity index (χ4v) is 1.94. The molecule has 3 heteroatoms. The van der Waals surface area contributed by atoms with Crippen LogP contribution in [0.2, 0.25) is 0 Å². The first-order valence-electron chi connectivity index (χ1n) is 8.81. The van der Waals surface area contributed by atoms with Crippen molar-refractivity contribution in [1.29, 1.82) is 0 Å². The Hall–Kier alpha value is -0.380. The van der Waals surface area contributed by atoms with E-state index in [1.54, 1.807) is 0 Å². The van der Waals surface area contributed by atoms with Crippen molar-refractivity contribution in [2.24, 2.45) is 0 Å². The van der Waals surface area contributed by atoms with Gasteiger partial charge in [0.15, 0.2) is 6.29 Å². The highest BCUT2D eigenvalue weighted by Gasteiger charge is 2.07. The molecule has 0 saturated heterocycles. The molecule has 0 spiro atoms. The molecule has 0 aliphatic rings. The summed E-state index contributed by atoms with van der Waals surface area (Å²) in [5.41, 5.74) is 0. The molecule has 0 saturated carbocycles. The third-order valence-electron chi connectivity index (χ3n) is 3.06. The number of hydrogen-bond acceptors (Lipinski definition) is 3. The second kappa shape index (κ2) is 17.7. The van der Waals surface area contributed by atoms with Gasteiger partial charge >= 0.3 is 0 Å². The molecular formula is C18H36O3. The highest BCUT2D eigenvalue weighted by Crippen LogP contribution is 2.11. The van der Waals surface area contributed by atoms with Gasteiger partial charge in [-0.2, -0.15) is 0 Å². The summed E-state index contributed by atoms with van der Waals surface area (Å²) >= 11 is 0. The van der Waals surface area contributed by atoms with Crippen molar-refractivity contribution < 1.29 is 14.2 Å². The van der Waals surface area contributed by atoms with Gasteiger partial charge in [0.05, 0.1) is 6.61 Å². The topological polar surface area (TPSA) is 27.7 Å². The molecular weight excluding hydrogens is 264 g/mol. The van der Waals surface area contributed by atoms with Crippen LogP contribution in [0.25, 0.3) is 0 Å². The van der Waals surface area contributed by atoms with Crippen molar-refractivity contribution >= 4 is 0 Å². The van der Waals surface area contributed by atoms with Gasteiger partial charge < -0.3 is 14.2 Å². The fraction of sp³-hybridized carbons (Fsp3) is 0.889. The van der Waals surface area contributed by atoms with Crippen LogP contribution in [0.4, 0.5) is 0 Å². The molecule has 0 amide bonds. The Morgan fingerprint density at radius 1 is 0.762 bits per heavy atom. The SMILES string of the molecule is CCCOC/C=C/CCCCCC(OCCC)OCCC. The molecule has 0 atom stereocenters. The van der Waals surface area contributed by atoms with Gasteiger partial charge in [0.1, 0.15) is 0 Å². The number of hydrogen-bond donors (Lipinski definition) is 0. The predicted octanol–water partition coefficient (Wildman–Crippen LogP) is 5.10.